The Kier molecular flexibility index (Phi) is 4.62. The highest BCUT2D eigenvalue weighted by Crippen LogP contribution is 2.20. The van der Waals surface area contributed by atoms with Crippen molar-refractivity contribution in [2.75, 3.05) is 30.7 Å². The van der Waals surface area contributed by atoms with Crippen molar-refractivity contribution in [3.8, 4) is 0 Å². The minimum absolute atomic E-state index is 0.00144. The van der Waals surface area contributed by atoms with Gasteiger partial charge in [0.15, 0.2) is 0 Å². The molecule has 0 saturated carbocycles. The lowest BCUT2D eigenvalue weighted by Crippen LogP contribution is -2.30. The number of carbonyl (C=O) groups is 1. The summed E-state index contributed by atoms with van der Waals surface area (Å²) >= 11 is 0. The van der Waals surface area contributed by atoms with E-state index < -0.39 is 5.60 Å². The first-order valence-electron chi connectivity index (χ1n) is 7.05. The first kappa shape index (κ1) is 14.8. The fraction of sp³-hybridized carbons (Fsp3) is 0.533. The highest BCUT2D eigenvalue weighted by molar-refractivity contribution is 5.91. The Labute approximate surface area is 119 Å². The molecule has 1 unspecified atom stereocenters. The number of amides is 1. The van der Waals surface area contributed by atoms with E-state index in [1.807, 2.05) is 19.1 Å². The van der Waals surface area contributed by atoms with Crippen molar-refractivity contribution < 1.29 is 9.90 Å². The predicted octanol–water partition coefficient (Wildman–Crippen LogP) is 1.44. The third-order valence-electron chi connectivity index (χ3n) is 3.58. The third-order valence-corrected chi connectivity index (χ3v) is 3.58. The van der Waals surface area contributed by atoms with Gasteiger partial charge in [0.05, 0.1) is 5.60 Å². The molecule has 4 N–H and O–H groups in total. The average Bonchev–Trinajstić information content (AvgIpc) is 2.69. The van der Waals surface area contributed by atoms with Gasteiger partial charge in [0.1, 0.15) is 0 Å². The topological polar surface area (TPSA) is 78.6 Å². The van der Waals surface area contributed by atoms with Crippen LogP contribution in [0, 0.1) is 0 Å². The van der Waals surface area contributed by atoms with Crippen LogP contribution in [0.15, 0.2) is 24.3 Å². The van der Waals surface area contributed by atoms with E-state index in [1.54, 1.807) is 12.1 Å². The second-order valence-electron chi connectivity index (χ2n) is 5.80. The Bertz CT molecular complexity index is 474. The van der Waals surface area contributed by atoms with E-state index in [9.17, 15) is 9.90 Å². The fourth-order valence-electron chi connectivity index (χ4n) is 2.53. The van der Waals surface area contributed by atoms with E-state index >= 15 is 0 Å². The summed E-state index contributed by atoms with van der Waals surface area (Å²) in [7, 11) is 0. The van der Waals surface area contributed by atoms with Crippen LogP contribution in [-0.4, -0.2) is 41.1 Å². The summed E-state index contributed by atoms with van der Waals surface area (Å²) in [5, 5.41) is 12.7. The Hall–Kier alpha value is -1.59. The van der Waals surface area contributed by atoms with Gasteiger partial charge in [-0.25, -0.2) is 0 Å². The van der Waals surface area contributed by atoms with Crippen molar-refractivity contribution >= 4 is 17.3 Å². The van der Waals surface area contributed by atoms with Crippen LogP contribution in [0.5, 0.6) is 0 Å². The zero-order chi connectivity index (χ0) is 14.6. The van der Waals surface area contributed by atoms with Gasteiger partial charge in [-0.15, -0.1) is 0 Å². The second-order valence-corrected chi connectivity index (χ2v) is 5.80. The first-order valence-corrected chi connectivity index (χ1v) is 7.05. The lowest BCUT2D eigenvalue weighted by Gasteiger charge is -2.18. The molecule has 0 bridgehead atoms. The average molecular weight is 277 g/mol. The van der Waals surface area contributed by atoms with Crippen molar-refractivity contribution in [2.45, 2.75) is 31.8 Å². The van der Waals surface area contributed by atoms with E-state index in [4.69, 9.17) is 5.73 Å². The van der Waals surface area contributed by atoms with E-state index in [1.165, 1.54) is 0 Å². The molecule has 20 heavy (non-hydrogen) atoms. The number of nitrogens with two attached hydrogens (primary N) is 1. The van der Waals surface area contributed by atoms with Crippen LogP contribution >= 0.6 is 0 Å². The molecule has 1 aliphatic heterocycles. The van der Waals surface area contributed by atoms with Crippen LogP contribution in [0.25, 0.3) is 0 Å². The van der Waals surface area contributed by atoms with Gasteiger partial charge < -0.3 is 21.1 Å². The summed E-state index contributed by atoms with van der Waals surface area (Å²) in [6.07, 6.45) is 2.08. The van der Waals surface area contributed by atoms with Crippen molar-refractivity contribution in [1.82, 2.24) is 4.90 Å². The minimum atomic E-state index is -0.566. The van der Waals surface area contributed by atoms with Crippen LogP contribution in [0.3, 0.4) is 0 Å². The van der Waals surface area contributed by atoms with E-state index in [0.29, 0.717) is 18.7 Å². The molecule has 1 heterocycles. The van der Waals surface area contributed by atoms with Crippen LogP contribution in [0.2, 0.25) is 0 Å². The summed E-state index contributed by atoms with van der Waals surface area (Å²) in [6, 6.07) is 7.17. The second kappa shape index (κ2) is 6.24. The number of rotatable bonds is 5. The number of β-amino-alcohol motifs (C(OH)–C–C–N with tert-alkyl or cyclic N) is 1. The number of nitrogens with one attached hydrogen (secondary N) is 1. The summed E-state index contributed by atoms with van der Waals surface area (Å²) in [5.41, 5.74) is 6.47. The number of carbonyl (C=O) groups excluding carboxylic acids is 1. The fourth-order valence-corrected chi connectivity index (χ4v) is 2.53. The molecule has 110 valence electrons. The van der Waals surface area contributed by atoms with Crippen molar-refractivity contribution in [3.63, 3.8) is 0 Å². The quantitative estimate of drug-likeness (QED) is 0.712. The van der Waals surface area contributed by atoms with Gasteiger partial charge in [0.2, 0.25) is 5.91 Å². The molecule has 0 aromatic heterocycles. The van der Waals surface area contributed by atoms with Crippen LogP contribution in [-0.2, 0) is 4.79 Å². The molecule has 1 atom stereocenters. The number of hydrogen-bond acceptors (Lipinski definition) is 4. The Morgan fingerprint density at radius 3 is 3.00 bits per heavy atom. The van der Waals surface area contributed by atoms with Gasteiger partial charge in [-0.3, -0.25) is 4.79 Å². The molecule has 0 aliphatic carbocycles. The zero-order valence-electron chi connectivity index (χ0n) is 11.9. The van der Waals surface area contributed by atoms with Gasteiger partial charge >= 0.3 is 0 Å². The Morgan fingerprint density at radius 1 is 1.55 bits per heavy atom. The zero-order valence-corrected chi connectivity index (χ0v) is 11.9. The number of hydrogen-bond donors (Lipinski definition) is 3. The SMILES string of the molecule is CC1(O)CCN(CCCC(=O)Nc2cccc(N)c2)C1. The number of nitrogen functional groups attached to an aromatic ring is 1. The lowest BCUT2D eigenvalue weighted by atomic mass is 10.1. The molecule has 1 aromatic rings. The molecular weight excluding hydrogens is 254 g/mol. The molecule has 1 amide bonds. The maximum Gasteiger partial charge on any atom is 0.224 e. The largest absolute Gasteiger partial charge is 0.399 e. The lowest BCUT2D eigenvalue weighted by molar-refractivity contribution is -0.116. The summed E-state index contributed by atoms with van der Waals surface area (Å²) in [4.78, 5) is 14.0. The Balaban J connectivity index is 1.68. The molecule has 5 heteroatoms. The molecule has 1 aromatic carbocycles. The number of aliphatic hydroxyl groups is 1. The van der Waals surface area contributed by atoms with Crippen LogP contribution in [0.4, 0.5) is 11.4 Å². The number of anilines is 2. The van der Waals surface area contributed by atoms with Crippen LogP contribution in [0.1, 0.15) is 26.2 Å². The molecule has 1 saturated heterocycles. The van der Waals surface area contributed by atoms with E-state index in [0.717, 1.165) is 31.6 Å². The van der Waals surface area contributed by atoms with E-state index in [2.05, 4.69) is 10.2 Å². The first-order chi connectivity index (χ1) is 9.44. The smallest absolute Gasteiger partial charge is 0.224 e. The summed E-state index contributed by atoms with van der Waals surface area (Å²) in [6.45, 7) is 4.31. The molecule has 0 radical (unpaired) electrons. The monoisotopic (exact) mass is 277 g/mol. The van der Waals surface area contributed by atoms with Gasteiger partial charge in [0, 0.05) is 30.9 Å². The molecule has 2 rings (SSSR count). The maximum atomic E-state index is 11.8. The molecule has 1 aliphatic rings. The van der Waals surface area contributed by atoms with Crippen molar-refractivity contribution in [2.24, 2.45) is 0 Å². The van der Waals surface area contributed by atoms with Crippen molar-refractivity contribution in [3.05, 3.63) is 24.3 Å². The molecular formula is C15H23N3O2. The highest BCUT2D eigenvalue weighted by Gasteiger charge is 2.30. The Morgan fingerprint density at radius 2 is 2.35 bits per heavy atom. The van der Waals surface area contributed by atoms with Gasteiger partial charge in [0.25, 0.3) is 0 Å². The third kappa shape index (κ3) is 4.51. The van der Waals surface area contributed by atoms with Gasteiger partial charge in [-0.2, -0.15) is 0 Å². The maximum absolute atomic E-state index is 11.8. The van der Waals surface area contributed by atoms with Crippen molar-refractivity contribution in [1.29, 1.82) is 0 Å². The molecule has 5 nitrogen and oxygen atoms in total. The number of benzene rings is 1. The normalized spacial score (nSPS) is 22.9. The van der Waals surface area contributed by atoms with E-state index in [-0.39, 0.29) is 5.91 Å². The standard InChI is InChI=1S/C15H23N3O2/c1-15(20)7-9-18(11-15)8-3-6-14(19)17-13-5-2-4-12(16)10-13/h2,4-5,10,20H,3,6-9,11,16H2,1H3,(H,17,19). The minimum Gasteiger partial charge on any atom is -0.399 e. The van der Waals surface area contributed by atoms with Crippen LogP contribution < -0.4 is 11.1 Å². The summed E-state index contributed by atoms with van der Waals surface area (Å²) < 4.78 is 0. The van der Waals surface area contributed by atoms with Gasteiger partial charge in [-0.05, 0) is 44.5 Å². The summed E-state index contributed by atoms with van der Waals surface area (Å²) in [5.74, 6) is 0.00144. The highest BCUT2D eigenvalue weighted by atomic mass is 16.3. The van der Waals surface area contributed by atoms with Gasteiger partial charge in [-0.1, -0.05) is 6.07 Å². The number of likely N-dealkylation sites (tertiary alicyclic amines) is 1. The predicted molar refractivity (Wildman–Crippen MR) is 80.4 cm³/mol. The molecule has 1 fully saturated rings. The molecule has 0 spiro atoms. The number of nitrogens with zero attached hydrogens (tertiary/aromatic N) is 1.